The van der Waals surface area contributed by atoms with Gasteiger partial charge in [0, 0.05) is 12.6 Å². The minimum atomic E-state index is -0.209. The number of primary amides is 1. The number of carbonyl (C=O) groups is 1. The third-order valence-corrected chi connectivity index (χ3v) is 6.10. The van der Waals surface area contributed by atoms with Crippen LogP contribution in [0.1, 0.15) is 84.0 Å². The molecular weight excluding hydrogens is 298 g/mol. The summed E-state index contributed by atoms with van der Waals surface area (Å²) in [6.45, 7) is 5.27. The van der Waals surface area contributed by atoms with E-state index in [-0.39, 0.29) is 6.03 Å². The van der Waals surface area contributed by atoms with Crippen molar-refractivity contribution in [3.63, 3.8) is 0 Å². The van der Waals surface area contributed by atoms with E-state index in [0.29, 0.717) is 12.0 Å². The molecule has 0 bridgehead atoms. The number of unbranched alkanes of at least 4 members (excludes halogenated alkanes) is 2. The van der Waals surface area contributed by atoms with Crippen molar-refractivity contribution in [1.82, 2.24) is 10.2 Å². The van der Waals surface area contributed by atoms with Crippen LogP contribution in [0.4, 0.5) is 4.79 Å². The summed E-state index contributed by atoms with van der Waals surface area (Å²) in [6, 6.07) is 0.149. The van der Waals surface area contributed by atoms with E-state index in [1.54, 1.807) is 0 Å². The van der Waals surface area contributed by atoms with Crippen molar-refractivity contribution in [2.24, 2.45) is 17.6 Å². The van der Waals surface area contributed by atoms with Crippen LogP contribution in [0.25, 0.3) is 0 Å². The summed E-state index contributed by atoms with van der Waals surface area (Å²) in [5.41, 5.74) is 5.69. The fourth-order valence-corrected chi connectivity index (χ4v) is 4.74. The number of hydrogen-bond acceptors (Lipinski definition) is 2. The molecule has 1 heterocycles. The monoisotopic (exact) mass is 337 g/mol. The molecule has 0 spiro atoms. The van der Waals surface area contributed by atoms with Gasteiger partial charge in [-0.3, -0.25) is 0 Å². The molecule has 2 atom stereocenters. The van der Waals surface area contributed by atoms with Crippen molar-refractivity contribution in [3.8, 4) is 0 Å². The number of nitrogens with one attached hydrogen (secondary N) is 1. The molecule has 1 saturated heterocycles. The van der Waals surface area contributed by atoms with Gasteiger partial charge in [0.05, 0.1) is 0 Å². The number of amides is 2. The molecule has 3 N–H and O–H groups in total. The number of piperidine rings is 1. The highest BCUT2D eigenvalue weighted by atomic mass is 16.2. The fourth-order valence-electron chi connectivity index (χ4n) is 4.74. The Labute approximate surface area is 148 Å². The molecule has 0 aromatic heterocycles. The van der Waals surface area contributed by atoms with Crippen LogP contribution in [0.15, 0.2) is 0 Å². The Morgan fingerprint density at radius 2 is 1.88 bits per heavy atom. The summed E-state index contributed by atoms with van der Waals surface area (Å²) >= 11 is 0. The van der Waals surface area contributed by atoms with Gasteiger partial charge in [-0.05, 0) is 57.0 Å². The van der Waals surface area contributed by atoms with Gasteiger partial charge in [-0.1, -0.05) is 51.9 Å². The Morgan fingerprint density at radius 3 is 2.58 bits per heavy atom. The Balaban J connectivity index is 1.92. The molecule has 2 rings (SSSR count). The van der Waals surface area contributed by atoms with Gasteiger partial charge < -0.3 is 16.0 Å². The summed E-state index contributed by atoms with van der Waals surface area (Å²) in [4.78, 5) is 13.9. The number of nitrogens with two attached hydrogens (primary N) is 1. The van der Waals surface area contributed by atoms with Crippen molar-refractivity contribution in [1.29, 1.82) is 0 Å². The van der Waals surface area contributed by atoms with E-state index >= 15 is 0 Å². The summed E-state index contributed by atoms with van der Waals surface area (Å²) in [6.07, 6.45) is 15.6. The molecule has 24 heavy (non-hydrogen) atoms. The normalized spacial score (nSPS) is 24.0. The minimum absolute atomic E-state index is 0.209. The molecule has 0 aromatic rings. The van der Waals surface area contributed by atoms with Crippen molar-refractivity contribution in [2.45, 2.75) is 90.0 Å². The van der Waals surface area contributed by atoms with Crippen LogP contribution in [0.3, 0.4) is 0 Å². The molecular formula is C20H39N3O. The van der Waals surface area contributed by atoms with Gasteiger partial charge in [-0.15, -0.1) is 0 Å². The summed E-state index contributed by atoms with van der Waals surface area (Å²) in [5.74, 6) is 1.43. The maximum absolute atomic E-state index is 11.9. The average molecular weight is 338 g/mol. The van der Waals surface area contributed by atoms with Crippen LogP contribution >= 0.6 is 0 Å². The largest absolute Gasteiger partial charge is 0.351 e. The van der Waals surface area contributed by atoms with E-state index < -0.39 is 0 Å². The highest BCUT2D eigenvalue weighted by molar-refractivity contribution is 5.72. The zero-order valence-electron chi connectivity index (χ0n) is 15.8. The third kappa shape index (κ3) is 6.27. The molecule has 0 aromatic carbocycles. The lowest BCUT2D eigenvalue weighted by atomic mass is 9.78. The highest BCUT2D eigenvalue weighted by Crippen LogP contribution is 2.33. The summed E-state index contributed by atoms with van der Waals surface area (Å²) < 4.78 is 0. The average Bonchev–Trinajstić information content (AvgIpc) is 2.61. The smallest absolute Gasteiger partial charge is 0.315 e. The Bertz CT molecular complexity index is 355. The third-order valence-electron chi connectivity index (χ3n) is 6.10. The Morgan fingerprint density at radius 1 is 1.12 bits per heavy atom. The number of rotatable bonds is 9. The van der Waals surface area contributed by atoms with Gasteiger partial charge in [-0.2, -0.15) is 0 Å². The van der Waals surface area contributed by atoms with Gasteiger partial charge in [0.25, 0.3) is 0 Å². The lowest BCUT2D eigenvalue weighted by Crippen LogP contribution is -2.52. The summed E-state index contributed by atoms with van der Waals surface area (Å²) in [7, 11) is 0. The SMILES string of the molecule is CCCCCNCC(CC1CCCCC1)C1CCCCN1C(N)=O. The molecule has 2 aliphatic rings. The zero-order chi connectivity index (χ0) is 17.2. The maximum atomic E-state index is 11.9. The lowest BCUT2D eigenvalue weighted by Gasteiger charge is -2.41. The van der Waals surface area contributed by atoms with E-state index in [0.717, 1.165) is 38.4 Å². The second-order valence-corrected chi connectivity index (χ2v) is 8.01. The number of urea groups is 1. The predicted octanol–water partition coefficient (Wildman–Crippen LogP) is 4.29. The van der Waals surface area contributed by atoms with Crippen molar-refractivity contribution >= 4 is 6.03 Å². The van der Waals surface area contributed by atoms with Gasteiger partial charge in [-0.25, -0.2) is 4.79 Å². The van der Waals surface area contributed by atoms with Crippen LogP contribution in [0, 0.1) is 11.8 Å². The lowest BCUT2D eigenvalue weighted by molar-refractivity contribution is 0.107. The molecule has 1 aliphatic carbocycles. The van der Waals surface area contributed by atoms with E-state index in [2.05, 4.69) is 12.2 Å². The molecule has 140 valence electrons. The number of hydrogen-bond donors (Lipinski definition) is 2. The molecule has 1 saturated carbocycles. The minimum Gasteiger partial charge on any atom is -0.351 e. The van der Waals surface area contributed by atoms with Gasteiger partial charge in [0.15, 0.2) is 0 Å². The molecule has 2 amide bonds. The maximum Gasteiger partial charge on any atom is 0.315 e. The highest BCUT2D eigenvalue weighted by Gasteiger charge is 2.33. The standard InChI is InChI=1S/C20H39N3O/c1-2-3-8-13-22-16-18(15-17-10-5-4-6-11-17)19-12-7-9-14-23(19)20(21)24/h17-19,22H,2-16H2,1H3,(H2,21,24). The van der Waals surface area contributed by atoms with E-state index in [9.17, 15) is 4.79 Å². The number of carbonyl (C=O) groups excluding carboxylic acids is 1. The van der Waals surface area contributed by atoms with Crippen LogP contribution in [-0.4, -0.2) is 36.6 Å². The molecule has 0 radical (unpaired) electrons. The first-order valence-corrected chi connectivity index (χ1v) is 10.5. The fraction of sp³-hybridized carbons (Fsp3) is 0.950. The Hall–Kier alpha value is -0.770. The van der Waals surface area contributed by atoms with Crippen LogP contribution in [0.2, 0.25) is 0 Å². The number of likely N-dealkylation sites (tertiary alicyclic amines) is 1. The molecule has 2 fully saturated rings. The van der Waals surface area contributed by atoms with Crippen LogP contribution in [0.5, 0.6) is 0 Å². The van der Waals surface area contributed by atoms with Crippen molar-refractivity contribution in [2.75, 3.05) is 19.6 Å². The second kappa shape index (κ2) is 11.0. The predicted molar refractivity (Wildman–Crippen MR) is 101 cm³/mol. The van der Waals surface area contributed by atoms with Gasteiger partial charge in [0.2, 0.25) is 0 Å². The first kappa shape index (κ1) is 19.6. The quantitative estimate of drug-likeness (QED) is 0.617. The zero-order valence-corrected chi connectivity index (χ0v) is 15.8. The molecule has 1 aliphatic heterocycles. The van der Waals surface area contributed by atoms with Gasteiger partial charge in [0.1, 0.15) is 0 Å². The topological polar surface area (TPSA) is 58.4 Å². The molecule has 4 heteroatoms. The van der Waals surface area contributed by atoms with Crippen LogP contribution < -0.4 is 11.1 Å². The van der Waals surface area contributed by atoms with Crippen molar-refractivity contribution < 1.29 is 4.79 Å². The van der Waals surface area contributed by atoms with E-state index in [4.69, 9.17) is 5.73 Å². The molecule has 4 nitrogen and oxygen atoms in total. The van der Waals surface area contributed by atoms with E-state index in [1.165, 1.54) is 64.2 Å². The molecule has 2 unspecified atom stereocenters. The summed E-state index contributed by atoms with van der Waals surface area (Å²) in [5, 5.41) is 3.69. The first-order chi connectivity index (χ1) is 11.7. The van der Waals surface area contributed by atoms with E-state index in [1.807, 2.05) is 4.90 Å². The van der Waals surface area contributed by atoms with Crippen molar-refractivity contribution in [3.05, 3.63) is 0 Å². The number of nitrogens with zero attached hydrogens (tertiary/aromatic N) is 1. The Kier molecular flexibility index (Phi) is 8.93. The van der Waals surface area contributed by atoms with Gasteiger partial charge >= 0.3 is 6.03 Å². The van der Waals surface area contributed by atoms with Crippen LogP contribution in [-0.2, 0) is 0 Å². The first-order valence-electron chi connectivity index (χ1n) is 10.5. The second-order valence-electron chi connectivity index (χ2n) is 8.01.